The molecule has 0 saturated heterocycles. The van der Waals surface area contributed by atoms with Crippen LogP contribution in [-0.2, 0) is 0 Å². The summed E-state index contributed by atoms with van der Waals surface area (Å²) in [5.74, 6) is 0.698. The highest BCUT2D eigenvalue weighted by atomic mass is 79.9. The molecular weight excluding hydrogens is 344 g/mol. The summed E-state index contributed by atoms with van der Waals surface area (Å²) >= 11 is 3.35. The van der Waals surface area contributed by atoms with Gasteiger partial charge in [0.2, 0.25) is 0 Å². The van der Waals surface area contributed by atoms with Gasteiger partial charge in [-0.3, -0.25) is 9.79 Å². The molecule has 0 unspecified atom stereocenters. The molecule has 0 heterocycles. The SMILES string of the molecule is CN=C(NCCNC(=O)c1ccc(Br)cc1)NC1CC=CC1. The van der Waals surface area contributed by atoms with Crippen molar-refractivity contribution in [1.29, 1.82) is 0 Å². The van der Waals surface area contributed by atoms with E-state index < -0.39 is 0 Å². The zero-order valence-corrected chi connectivity index (χ0v) is 14.2. The van der Waals surface area contributed by atoms with Crippen LogP contribution in [0.3, 0.4) is 0 Å². The van der Waals surface area contributed by atoms with E-state index in [1.165, 1.54) is 0 Å². The van der Waals surface area contributed by atoms with Crippen LogP contribution in [0.2, 0.25) is 0 Å². The van der Waals surface area contributed by atoms with Crippen LogP contribution in [0.15, 0.2) is 45.9 Å². The lowest BCUT2D eigenvalue weighted by Gasteiger charge is -2.17. The largest absolute Gasteiger partial charge is 0.355 e. The highest BCUT2D eigenvalue weighted by molar-refractivity contribution is 9.10. The fourth-order valence-corrected chi connectivity index (χ4v) is 2.45. The number of benzene rings is 1. The van der Waals surface area contributed by atoms with Crippen LogP contribution in [0.5, 0.6) is 0 Å². The molecule has 0 radical (unpaired) electrons. The van der Waals surface area contributed by atoms with Crippen LogP contribution in [0.4, 0.5) is 0 Å². The van der Waals surface area contributed by atoms with Crippen molar-refractivity contribution < 1.29 is 4.79 Å². The third-order valence-electron chi connectivity index (χ3n) is 3.38. The number of halogens is 1. The Kier molecular flexibility index (Phi) is 6.45. The Balaban J connectivity index is 1.67. The van der Waals surface area contributed by atoms with E-state index in [9.17, 15) is 4.79 Å². The van der Waals surface area contributed by atoms with Crippen LogP contribution in [0, 0.1) is 0 Å². The summed E-state index contributed by atoms with van der Waals surface area (Å²) in [7, 11) is 1.75. The van der Waals surface area contributed by atoms with Crippen LogP contribution in [0.25, 0.3) is 0 Å². The third-order valence-corrected chi connectivity index (χ3v) is 3.91. The van der Waals surface area contributed by atoms with Crippen molar-refractivity contribution in [3.8, 4) is 0 Å². The first-order chi connectivity index (χ1) is 10.7. The smallest absolute Gasteiger partial charge is 0.251 e. The molecule has 0 bridgehead atoms. The van der Waals surface area contributed by atoms with E-state index in [1.807, 2.05) is 12.1 Å². The molecule has 0 aromatic heterocycles. The molecule has 0 spiro atoms. The number of carbonyl (C=O) groups is 1. The summed E-state index contributed by atoms with van der Waals surface area (Å²) in [6.45, 7) is 1.17. The first-order valence-electron chi connectivity index (χ1n) is 7.35. The van der Waals surface area contributed by atoms with Crippen molar-refractivity contribution in [2.24, 2.45) is 4.99 Å². The highest BCUT2D eigenvalue weighted by Crippen LogP contribution is 2.10. The molecule has 6 heteroatoms. The minimum absolute atomic E-state index is 0.0720. The quantitative estimate of drug-likeness (QED) is 0.324. The molecule has 1 amide bonds. The fourth-order valence-electron chi connectivity index (χ4n) is 2.18. The average molecular weight is 365 g/mol. The van der Waals surface area contributed by atoms with Crippen molar-refractivity contribution in [3.63, 3.8) is 0 Å². The lowest BCUT2D eigenvalue weighted by molar-refractivity contribution is 0.0954. The Labute approximate surface area is 139 Å². The van der Waals surface area contributed by atoms with Crippen LogP contribution < -0.4 is 16.0 Å². The Hall–Kier alpha value is -1.82. The molecule has 3 N–H and O–H groups in total. The molecule has 1 aliphatic carbocycles. The summed E-state index contributed by atoms with van der Waals surface area (Å²) in [6, 6.07) is 7.72. The Morgan fingerprint density at radius 1 is 1.18 bits per heavy atom. The Morgan fingerprint density at radius 2 is 1.82 bits per heavy atom. The van der Waals surface area contributed by atoms with Gasteiger partial charge in [0.05, 0.1) is 0 Å². The van der Waals surface area contributed by atoms with E-state index in [1.54, 1.807) is 19.2 Å². The molecule has 1 aliphatic rings. The van der Waals surface area contributed by atoms with Gasteiger partial charge in [-0.1, -0.05) is 28.1 Å². The van der Waals surface area contributed by atoms with E-state index in [4.69, 9.17) is 0 Å². The number of nitrogens with one attached hydrogen (secondary N) is 3. The van der Waals surface area contributed by atoms with Crippen LogP contribution in [0.1, 0.15) is 23.2 Å². The van der Waals surface area contributed by atoms with E-state index in [0.29, 0.717) is 24.7 Å². The number of rotatable bonds is 5. The maximum Gasteiger partial charge on any atom is 0.251 e. The second-order valence-electron chi connectivity index (χ2n) is 5.05. The van der Waals surface area contributed by atoms with Crippen molar-refractivity contribution in [1.82, 2.24) is 16.0 Å². The lowest BCUT2D eigenvalue weighted by Crippen LogP contribution is -2.45. The van der Waals surface area contributed by atoms with Crippen LogP contribution in [-0.4, -0.2) is 38.0 Å². The minimum Gasteiger partial charge on any atom is -0.355 e. The first kappa shape index (κ1) is 16.5. The molecule has 0 aliphatic heterocycles. The summed E-state index contributed by atoms with van der Waals surface area (Å²) in [5.41, 5.74) is 0.655. The standard InChI is InChI=1S/C16H21BrN4O/c1-18-16(21-14-4-2-3-5-14)20-11-10-19-15(22)12-6-8-13(17)9-7-12/h2-3,6-9,14H,4-5,10-11H2,1H3,(H,19,22)(H2,18,20,21). The number of amides is 1. The van der Waals surface area contributed by atoms with E-state index >= 15 is 0 Å². The minimum atomic E-state index is -0.0720. The fraction of sp³-hybridized carbons (Fsp3) is 0.375. The Bertz CT molecular complexity index is 546. The van der Waals surface area contributed by atoms with Gasteiger partial charge in [0.1, 0.15) is 0 Å². The number of guanidine groups is 1. The monoisotopic (exact) mass is 364 g/mol. The lowest BCUT2D eigenvalue weighted by atomic mass is 10.2. The Morgan fingerprint density at radius 3 is 2.45 bits per heavy atom. The molecule has 5 nitrogen and oxygen atoms in total. The molecule has 118 valence electrons. The van der Waals surface area contributed by atoms with Gasteiger partial charge >= 0.3 is 0 Å². The first-order valence-corrected chi connectivity index (χ1v) is 8.14. The summed E-state index contributed by atoms with van der Waals surface area (Å²) in [5, 5.41) is 9.43. The van der Waals surface area contributed by atoms with Gasteiger partial charge in [0.25, 0.3) is 5.91 Å². The molecule has 0 fully saturated rings. The second kappa shape index (κ2) is 8.58. The van der Waals surface area contributed by atoms with Gasteiger partial charge in [-0.15, -0.1) is 0 Å². The zero-order chi connectivity index (χ0) is 15.8. The molecule has 2 rings (SSSR count). The van der Waals surface area contributed by atoms with Crippen molar-refractivity contribution in [2.75, 3.05) is 20.1 Å². The van der Waals surface area contributed by atoms with Gasteiger partial charge in [-0.25, -0.2) is 0 Å². The maximum absolute atomic E-state index is 11.9. The number of aliphatic imine (C=N–C) groups is 1. The number of hydrogen-bond acceptors (Lipinski definition) is 2. The van der Waals surface area contributed by atoms with Gasteiger partial charge < -0.3 is 16.0 Å². The molecule has 1 aromatic carbocycles. The van der Waals surface area contributed by atoms with Gasteiger partial charge in [0.15, 0.2) is 5.96 Å². The predicted octanol–water partition coefficient (Wildman–Crippen LogP) is 2.06. The van der Waals surface area contributed by atoms with Gasteiger partial charge in [0, 0.05) is 36.2 Å². The molecular formula is C16H21BrN4O. The summed E-state index contributed by atoms with van der Waals surface area (Å²) in [4.78, 5) is 16.1. The summed E-state index contributed by atoms with van der Waals surface area (Å²) in [6.07, 6.45) is 6.40. The zero-order valence-electron chi connectivity index (χ0n) is 12.6. The van der Waals surface area contributed by atoms with E-state index in [0.717, 1.165) is 23.3 Å². The van der Waals surface area contributed by atoms with E-state index in [-0.39, 0.29) is 5.91 Å². The topological polar surface area (TPSA) is 65.5 Å². The molecule has 0 atom stereocenters. The van der Waals surface area contributed by atoms with Crippen LogP contribution >= 0.6 is 15.9 Å². The number of nitrogens with zero attached hydrogens (tertiary/aromatic N) is 1. The highest BCUT2D eigenvalue weighted by Gasteiger charge is 2.11. The van der Waals surface area contributed by atoms with Crippen molar-refractivity contribution in [3.05, 3.63) is 46.5 Å². The molecule has 22 heavy (non-hydrogen) atoms. The normalized spacial score (nSPS) is 14.9. The molecule has 0 saturated carbocycles. The predicted molar refractivity (Wildman–Crippen MR) is 93.1 cm³/mol. The average Bonchev–Trinajstić information content (AvgIpc) is 3.03. The second-order valence-corrected chi connectivity index (χ2v) is 5.96. The summed E-state index contributed by atoms with van der Waals surface area (Å²) < 4.78 is 0.960. The van der Waals surface area contributed by atoms with E-state index in [2.05, 4.69) is 49.0 Å². The molecule has 1 aromatic rings. The third kappa shape index (κ3) is 5.18. The van der Waals surface area contributed by atoms with Gasteiger partial charge in [-0.2, -0.15) is 0 Å². The number of hydrogen-bond donors (Lipinski definition) is 3. The van der Waals surface area contributed by atoms with Gasteiger partial charge in [-0.05, 0) is 37.1 Å². The number of carbonyl (C=O) groups excluding carboxylic acids is 1. The maximum atomic E-state index is 11.9. The van der Waals surface area contributed by atoms with Crippen molar-refractivity contribution in [2.45, 2.75) is 18.9 Å². The van der Waals surface area contributed by atoms with Crippen molar-refractivity contribution >= 4 is 27.8 Å².